The van der Waals surface area contributed by atoms with E-state index in [1.54, 1.807) is 6.33 Å². The van der Waals surface area contributed by atoms with Crippen molar-refractivity contribution in [1.29, 1.82) is 0 Å². The van der Waals surface area contributed by atoms with Gasteiger partial charge in [0, 0.05) is 5.92 Å². The van der Waals surface area contributed by atoms with Crippen LogP contribution in [0.4, 0.5) is 5.95 Å². The number of hydrogen-bond acceptors (Lipinski definition) is 7. The van der Waals surface area contributed by atoms with Crippen LogP contribution in [0.5, 0.6) is 5.88 Å². The second kappa shape index (κ2) is 4.88. The van der Waals surface area contributed by atoms with Gasteiger partial charge in [-0.25, -0.2) is 4.98 Å². The van der Waals surface area contributed by atoms with Crippen molar-refractivity contribution in [2.24, 2.45) is 5.92 Å². The number of nitrogens with zero attached hydrogens (tertiary/aromatic N) is 4. The van der Waals surface area contributed by atoms with Gasteiger partial charge in [-0.3, -0.25) is 4.57 Å². The predicted molar refractivity (Wildman–Crippen MR) is 71.1 cm³/mol. The third-order valence-corrected chi connectivity index (χ3v) is 3.53. The van der Waals surface area contributed by atoms with Crippen molar-refractivity contribution < 1.29 is 14.6 Å². The van der Waals surface area contributed by atoms with Crippen LogP contribution < -0.4 is 10.5 Å². The zero-order valence-corrected chi connectivity index (χ0v) is 11.4. The van der Waals surface area contributed by atoms with Crippen molar-refractivity contribution in [2.45, 2.75) is 25.7 Å². The Balaban J connectivity index is 2.07. The highest BCUT2D eigenvalue weighted by Crippen LogP contribution is 2.36. The highest BCUT2D eigenvalue weighted by Gasteiger charge is 2.34. The third-order valence-electron chi connectivity index (χ3n) is 3.53. The Morgan fingerprint density at radius 2 is 2.35 bits per heavy atom. The van der Waals surface area contributed by atoms with E-state index in [0.29, 0.717) is 17.0 Å². The molecule has 1 saturated heterocycles. The fourth-order valence-corrected chi connectivity index (χ4v) is 2.61. The van der Waals surface area contributed by atoms with E-state index in [0.717, 1.165) is 6.42 Å². The lowest BCUT2D eigenvalue weighted by atomic mass is 10.1. The Morgan fingerprint density at radius 3 is 3.00 bits per heavy atom. The summed E-state index contributed by atoms with van der Waals surface area (Å²) in [6.07, 6.45) is 2.05. The monoisotopic (exact) mass is 279 g/mol. The van der Waals surface area contributed by atoms with Crippen molar-refractivity contribution in [1.82, 2.24) is 19.5 Å². The van der Waals surface area contributed by atoms with E-state index in [-0.39, 0.29) is 30.8 Å². The van der Waals surface area contributed by atoms with Gasteiger partial charge in [0.25, 0.3) is 0 Å². The lowest BCUT2D eigenvalue weighted by Gasteiger charge is -2.17. The third kappa shape index (κ3) is 1.97. The van der Waals surface area contributed by atoms with Gasteiger partial charge < -0.3 is 20.3 Å². The van der Waals surface area contributed by atoms with E-state index in [2.05, 4.69) is 21.9 Å². The number of hydrogen-bond donors (Lipinski definition) is 2. The molecule has 1 aliphatic rings. The number of anilines is 1. The van der Waals surface area contributed by atoms with E-state index in [4.69, 9.17) is 15.2 Å². The number of ether oxygens (including phenoxy) is 2. The van der Waals surface area contributed by atoms with Crippen LogP contribution >= 0.6 is 0 Å². The first kappa shape index (κ1) is 13.1. The zero-order chi connectivity index (χ0) is 14.3. The number of imidazole rings is 1. The SMILES string of the molecule is COc1nc(N)nc2c1ncn2[C@@H]1O[C@@H](CO)C[C@H]1C. The number of rotatable bonds is 3. The molecule has 1 aliphatic heterocycles. The van der Waals surface area contributed by atoms with Gasteiger partial charge >= 0.3 is 0 Å². The van der Waals surface area contributed by atoms with Crippen LogP contribution in [0.25, 0.3) is 11.2 Å². The van der Waals surface area contributed by atoms with E-state index in [9.17, 15) is 5.11 Å². The van der Waals surface area contributed by atoms with E-state index < -0.39 is 0 Å². The van der Waals surface area contributed by atoms with Crippen molar-refractivity contribution in [2.75, 3.05) is 19.5 Å². The predicted octanol–water partition coefficient (Wildman–Crippen LogP) is 0.333. The smallest absolute Gasteiger partial charge is 0.246 e. The highest BCUT2D eigenvalue weighted by molar-refractivity contribution is 5.77. The highest BCUT2D eigenvalue weighted by atomic mass is 16.5. The molecule has 3 heterocycles. The van der Waals surface area contributed by atoms with Gasteiger partial charge in [-0.1, -0.05) is 6.92 Å². The second-order valence-corrected chi connectivity index (χ2v) is 4.96. The molecule has 20 heavy (non-hydrogen) atoms. The molecule has 2 aromatic rings. The molecular weight excluding hydrogens is 262 g/mol. The molecule has 3 N–H and O–H groups in total. The lowest BCUT2D eigenvalue weighted by molar-refractivity contribution is -0.0294. The average Bonchev–Trinajstić information content (AvgIpc) is 3.00. The number of nitrogen functional groups attached to an aromatic ring is 1. The van der Waals surface area contributed by atoms with Crippen molar-refractivity contribution >= 4 is 17.1 Å². The number of nitrogens with two attached hydrogens (primary N) is 1. The summed E-state index contributed by atoms with van der Waals surface area (Å²) in [5.74, 6) is 0.711. The molecule has 0 amide bonds. The van der Waals surface area contributed by atoms with Crippen molar-refractivity contribution in [3.63, 3.8) is 0 Å². The maximum absolute atomic E-state index is 9.22. The summed E-state index contributed by atoms with van der Waals surface area (Å²) in [6.45, 7) is 2.07. The Morgan fingerprint density at radius 1 is 1.55 bits per heavy atom. The van der Waals surface area contributed by atoms with Crippen LogP contribution in [-0.4, -0.2) is 44.4 Å². The summed E-state index contributed by atoms with van der Waals surface area (Å²) >= 11 is 0. The summed E-state index contributed by atoms with van der Waals surface area (Å²) in [5.41, 5.74) is 6.81. The van der Waals surface area contributed by atoms with Gasteiger partial charge in [0.1, 0.15) is 6.23 Å². The molecule has 0 unspecified atom stereocenters. The van der Waals surface area contributed by atoms with Crippen LogP contribution in [0, 0.1) is 5.92 Å². The fourth-order valence-electron chi connectivity index (χ4n) is 2.61. The Bertz CT molecular complexity index is 629. The number of aliphatic hydroxyl groups is 1. The number of fused-ring (bicyclic) bond motifs is 1. The summed E-state index contributed by atoms with van der Waals surface area (Å²) in [4.78, 5) is 12.5. The average molecular weight is 279 g/mol. The Hall–Kier alpha value is -1.93. The number of methoxy groups -OCH3 is 1. The molecule has 0 bridgehead atoms. The summed E-state index contributed by atoms with van der Waals surface area (Å²) in [6, 6.07) is 0. The first-order valence-corrected chi connectivity index (χ1v) is 6.44. The van der Waals surface area contributed by atoms with Gasteiger partial charge in [0.05, 0.1) is 26.1 Å². The van der Waals surface area contributed by atoms with Crippen LogP contribution in [0.2, 0.25) is 0 Å². The van der Waals surface area contributed by atoms with Gasteiger partial charge in [0.15, 0.2) is 11.2 Å². The van der Waals surface area contributed by atoms with Gasteiger partial charge in [-0.2, -0.15) is 9.97 Å². The van der Waals surface area contributed by atoms with Crippen molar-refractivity contribution in [3.05, 3.63) is 6.33 Å². The first-order chi connectivity index (χ1) is 9.63. The minimum absolute atomic E-state index is 0.00785. The van der Waals surface area contributed by atoms with E-state index in [1.165, 1.54) is 7.11 Å². The topological polar surface area (TPSA) is 108 Å². The second-order valence-electron chi connectivity index (χ2n) is 4.96. The molecule has 0 saturated carbocycles. The van der Waals surface area contributed by atoms with Gasteiger partial charge in [-0.15, -0.1) is 0 Å². The minimum Gasteiger partial charge on any atom is -0.479 e. The number of aromatic nitrogens is 4. The van der Waals surface area contributed by atoms with Gasteiger partial charge in [-0.05, 0) is 6.42 Å². The largest absolute Gasteiger partial charge is 0.479 e. The molecule has 0 aliphatic carbocycles. The normalized spacial score (nSPS) is 26.2. The van der Waals surface area contributed by atoms with Gasteiger partial charge in [0.2, 0.25) is 11.8 Å². The maximum Gasteiger partial charge on any atom is 0.246 e. The minimum atomic E-state index is -0.226. The molecule has 8 nitrogen and oxygen atoms in total. The Kier molecular flexibility index (Phi) is 3.19. The molecule has 3 atom stereocenters. The quantitative estimate of drug-likeness (QED) is 0.833. The summed E-state index contributed by atoms with van der Waals surface area (Å²) < 4.78 is 12.8. The zero-order valence-electron chi connectivity index (χ0n) is 11.4. The van der Waals surface area contributed by atoms with E-state index in [1.807, 2.05) is 4.57 Å². The first-order valence-electron chi connectivity index (χ1n) is 6.44. The molecule has 108 valence electrons. The van der Waals surface area contributed by atoms with Crippen LogP contribution in [-0.2, 0) is 4.74 Å². The molecule has 3 rings (SSSR count). The van der Waals surface area contributed by atoms with Crippen molar-refractivity contribution in [3.8, 4) is 5.88 Å². The molecule has 1 fully saturated rings. The summed E-state index contributed by atoms with van der Waals surface area (Å²) in [7, 11) is 1.51. The molecule has 0 radical (unpaired) electrons. The summed E-state index contributed by atoms with van der Waals surface area (Å²) in [5, 5.41) is 9.22. The molecule has 2 aromatic heterocycles. The molecule has 0 aromatic carbocycles. The van der Waals surface area contributed by atoms with Crippen LogP contribution in [0.3, 0.4) is 0 Å². The van der Waals surface area contributed by atoms with E-state index >= 15 is 0 Å². The Labute approximate surface area is 115 Å². The standard InChI is InChI=1S/C12H17N5O3/c1-6-3-7(4-18)20-11(6)17-5-14-8-9(17)15-12(13)16-10(8)19-2/h5-7,11,18H,3-4H2,1-2H3,(H2,13,15,16)/t6-,7-,11-/m1/s1. The van der Waals surface area contributed by atoms with Crippen LogP contribution in [0.1, 0.15) is 19.6 Å². The lowest BCUT2D eigenvalue weighted by Crippen LogP contribution is -2.15. The molecule has 8 heteroatoms. The molecular formula is C12H17N5O3. The maximum atomic E-state index is 9.22. The fraction of sp³-hybridized carbons (Fsp3) is 0.583. The van der Waals surface area contributed by atoms with Crippen LogP contribution in [0.15, 0.2) is 6.33 Å². The molecule has 0 spiro atoms. The number of aliphatic hydroxyl groups excluding tert-OH is 1.